The van der Waals surface area contributed by atoms with Crippen LogP contribution in [0.3, 0.4) is 0 Å². The lowest BCUT2D eigenvalue weighted by molar-refractivity contribution is -0.122. The van der Waals surface area contributed by atoms with Crippen LogP contribution in [0.25, 0.3) is 0 Å². The normalized spacial score (nSPS) is 20.9. The zero-order chi connectivity index (χ0) is 14.0. The van der Waals surface area contributed by atoms with E-state index < -0.39 is 16.1 Å². The Morgan fingerprint density at radius 1 is 1.37 bits per heavy atom. The summed E-state index contributed by atoms with van der Waals surface area (Å²) in [6.45, 7) is 3.67. The first-order chi connectivity index (χ1) is 8.92. The molecule has 1 atom stereocenters. The molecule has 1 aromatic rings. The average Bonchev–Trinajstić information content (AvgIpc) is 2.54. The van der Waals surface area contributed by atoms with E-state index >= 15 is 0 Å². The molecule has 1 fully saturated rings. The van der Waals surface area contributed by atoms with E-state index in [4.69, 9.17) is 4.52 Å². The lowest BCUT2D eigenvalue weighted by Gasteiger charge is -2.15. The largest absolute Gasteiger partial charge is 0.360 e. The van der Waals surface area contributed by atoms with Gasteiger partial charge in [-0.2, -0.15) is 4.72 Å². The molecule has 2 rings (SSSR count). The fourth-order valence-corrected chi connectivity index (χ4v) is 3.72. The molecule has 8 heteroatoms. The summed E-state index contributed by atoms with van der Waals surface area (Å²) >= 11 is 0. The lowest BCUT2D eigenvalue weighted by Crippen LogP contribution is -2.45. The highest BCUT2D eigenvalue weighted by molar-refractivity contribution is 7.89. The number of sulfonamides is 1. The summed E-state index contributed by atoms with van der Waals surface area (Å²) in [4.78, 5) is 11.8. The van der Waals surface area contributed by atoms with Gasteiger partial charge in [0.25, 0.3) is 0 Å². The molecule has 1 saturated heterocycles. The summed E-state index contributed by atoms with van der Waals surface area (Å²) in [6.07, 6.45) is 2.15. The van der Waals surface area contributed by atoms with Crippen LogP contribution in [0.15, 0.2) is 9.42 Å². The molecule has 7 nitrogen and oxygen atoms in total. The molecule has 1 aliphatic rings. The number of nitrogens with zero attached hydrogens (tertiary/aromatic N) is 1. The van der Waals surface area contributed by atoms with Gasteiger partial charge in [0, 0.05) is 6.54 Å². The second kappa shape index (κ2) is 5.30. The van der Waals surface area contributed by atoms with E-state index in [1.54, 1.807) is 6.92 Å². The fourth-order valence-electron chi connectivity index (χ4n) is 2.16. The number of nitrogens with one attached hydrogen (secondary N) is 2. The number of aryl methyl sites for hydroxylation is 2. The van der Waals surface area contributed by atoms with E-state index in [1.807, 2.05) is 0 Å². The maximum atomic E-state index is 12.3. The molecule has 0 unspecified atom stereocenters. The van der Waals surface area contributed by atoms with Gasteiger partial charge in [-0.05, 0) is 33.1 Å². The second-order valence-electron chi connectivity index (χ2n) is 4.61. The molecule has 0 aromatic carbocycles. The minimum Gasteiger partial charge on any atom is -0.360 e. The van der Waals surface area contributed by atoms with Crippen LogP contribution >= 0.6 is 0 Å². The average molecular weight is 287 g/mol. The summed E-state index contributed by atoms with van der Waals surface area (Å²) in [5, 5.41) is 6.31. The summed E-state index contributed by atoms with van der Waals surface area (Å²) in [5.74, 6) is -0.0631. The van der Waals surface area contributed by atoms with Crippen LogP contribution in [0.4, 0.5) is 0 Å². The molecule has 0 aliphatic carbocycles. The first-order valence-corrected chi connectivity index (χ1v) is 7.63. The van der Waals surface area contributed by atoms with Crippen LogP contribution in [-0.2, 0) is 14.8 Å². The predicted octanol–water partition coefficient (Wildman–Crippen LogP) is 0.238. The minimum atomic E-state index is -3.79. The second-order valence-corrected chi connectivity index (χ2v) is 6.26. The maximum Gasteiger partial charge on any atom is 0.246 e. The Balaban J connectivity index is 2.24. The number of rotatable bonds is 3. The van der Waals surface area contributed by atoms with Gasteiger partial charge in [-0.15, -0.1) is 0 Å². The Labute approximate surface area is 111 Å². The Kier molecular flexibility index (Phi) is 3.91. The van der Waals surface area contributed by atoms with Crippen molar-refractivity contribution in [2.75, 3.05) is 6.54 Å². The van der Waals surface area contributed by atoms with Crippen LogP contribution < -0.4 is 10.0 Å². The smallest absolute Gasteiger partial charge is 0.246 e. The van der Waals surface area contributed by atoms with Crippen molar-refractivity contribution in [2.24, 2.45) is 0 Å². The Bertz CT molecular complexity index is 559. The SMILES string of the molecule is Cc1noc(C)c1S(=O)(=O)N[C@@H]1CCCCNC1=O. The number of amides is 1. The van der Waals surface area contributed by atoms with Crippen molar-refractivity contribution in [3.8, 4) is 0 Å². The Morgan fingerprint density at radius 3 is 2.74 bits per heavy atom. The van der Waals surface area contributed by atoms with E-state index in [9.17, 15) is 13.2 Å². The topological polar surface area (TPSA) is 101 Å². The molecule has 0 bridgehead atoms. The number of aromatic nitrogens is 1. The number of hydrogen-bond acceptors (Lipinski definition) is 5. The van der Waals surface area contributed by atoms with E-state index in [2.05, 4.69) is 15.2 Å². The van der Waals surface area contributed by atoms with Gasteiger partial charge in [-0.25, -0.2) is 8.42 Å². The molecular formula is C11H17N3O4S. The van der Waals surface area contributed by atoms with Crippen molar-refractivity contribution in [2.45, 2.75) is 44.0 Å². The van der Waals surface area contributed by atoms with Gasteiger partial charge in [0.2, 0.25) is 15.9 Å². The molecular weight excluding hydrogens is 270 g/mol. The van der Waals surface area contributed by atoms with Gasteiger partial charge >= 0.3 is 0 Å². The van der Waals surface area contributed by atoms with E-state index in [1.165, 1.54) is 6.92 Å². The van der Waals surface area contributed by atoms with Crippen molar-refractivity contribution in [1.29, 1.82) is 0 Å². The molecule has 1 aliphatic heterocycles. The van der Waals surface area contributed by atoms with E-state index in [0.717, 1.165) is 12.8 Å². The van der Waals surface area contributed by atoms with Crippen molar-refractivity contribution >= 4 is 15.9 Å². The highest BCUT2D eigenvalue weighted by Gasteiger charge is 2.30. The van der Waals surface area contributed by atoms with Gasteiger partial charge in [-0.1, -0.05) is 5.16 Å². The lowest BCUT2D eigenvalue weighted by atomic mass is 10.1. The van der Waals surface area contributed by atoms with Crippen LogP contribution in [0.2, 0.25) is 0 Å². The van der Waals surface area contributed by atoms with Gasteiger partial charge < -0.3 is 9.84 Å². The quantitative estimate of drug-likeness (QED) is 0.829. The first kappa shape index (κ1) is 14.0. The van der Waals surface area contributed by atoms with Gasteiger partial charge in [0.1, 0.15) is 16.6 Å². The molecule has 0 radical (unpaired) electrons. The third-order valence-electron chi connectivity index (χ3n) is 3.07. The van der Waals surface area contributed by atoms with Crippen LogP contribution in [0, 0.1) is 13.8 Å². The fraction of sp³-hybridized carbons (Fsp3) is 0.636. The molecule has 0 saturated carbocycles. The predicted molar refractivity (Wildman–Crippen MR) is 66.9 cm³/mol. The van der Waals surface area contributed by atoms with Crippen molar-refractivity contribution in [3.05, 3.63) is 11.5 Å². The molecule has 2 N–H and O–H groups in total. The molecule has 106 valence electrons. The Morgan fingerprint density at radius 2 is 2.11 bits per heavy atom. The monoisotopic (exact) mass is 287 g/mol. The summed E-state index contributed by atoms with van der Waals surface area (Å²) in [6, 6.07) is -0.735. The standard InChI is InChI=1S/C11H17N3O4S/c1-7-10(8(2)18-13-7)19(16,17)14-9-5-3-4-6-12-11(9)15/h9,14H,3-6H2,1-2H3,(H,12,15)/t9-/m1/s1. The highest BCUT2D eigenvalue weighted by atomic mass is 32.2. The molecule has 19 heavy (non-hydrogen) atoms. The molecule has 1 amide bonds. The molecule has 0 spiro atoms. The number of carbonyl (C=O) groups is 1. The highest BCUT2D eigenvalue weighted by Crippen LogP contribution is 2.19. The van der Waals surface area contributed by atoms with Crippen LogP contribution in [0.1, 0.15) is 30.7 Å². The first-order valence-electron chi connectivity index (χ1n) is 6.15. The van der Waals surface area contributed by atoms with Gasteiger partial charge in [0.15, 0.2) is 5.76 Å². The van der Waals surface area contributed by atoms with Crippen molar-refractivity contribution in [1.82, 2.24) is 15.2 Å². The molecule has 2 heterocycles. The van der Waals surface area contributed by atoms with Crippen LogP contribution in [0.5, 0.6) is 0 Å². The van der Waals surface area contributed by atoms with Crippen molar-refractivity contribution < 1.29 is 17.7 Å². The van der Waals surface area contributed by atoms with E-state index in [-0.39, 0.29) is 16.6 Å². The van der Waals surface area contributed by atoms with Crippen molar-refractivity contribution in [3.63, 3.8) is 0 Å². The summed E-state index contributed by atoms with van der Waals surface area (Å²) < 4.78 is 31.8. The summed E-state index contributed by atoms with van der Waals surface area (Å²) in [7, 11) is -3.79. The zero-order valence-electron chi connectivity index (χ0n) is 10.9. The minimum absolute atomic E-state index is 0.0181. The van der Waals surface area contributed by atoms with Crippen LogP contribution in [-0.4, -0.2) is 32.1 Å². The Hall–Kier alpha value is -1.41. The molecule has 1 aromatic heterocycles. The number of hydrogen-bond donors (Lipinski definition) is 2. The third-order valence-corrected chi connectivity index (χ3v) is 4.78. The van der Waals surface area contributed by atoms with E-state index in [0.29, 0.717) is 18.7 Å². The number of carbonyl (C=O) groups excluding carboxylic acids is 1. The van der Waals surface area contributed by atoms with Gasteiger partial charge in [0.05, 0.1) is 0 Å². The third kappa shape index (κ3) is 2.95. The summed E-state index contributed by atoms with van der Waals surface area (Å²) in [5.41, 5.74) is 0.291. The van der Waals surface area contributed by atoms with Gasteiger partial charge in [-0.3, -0.25) is 4.79 Å². The maximum absolute atomic E-state index is 12.3. The zero-order valence-corrected chi connectivity index (χ0v) is 11.7.